The fraction of sp³-hybridized carbons (Fsp3) is 0.778. The zero-order chi connectivity index (χ0) is 46.8. The van der Waals surface area contributed by atoms with Crippen molar-refractivity contribution in [3.63, 3.8) is 0 Å². The number of hydrogen-bond acceptors (Lipinski definition) is 13. The number of unbranched alkanes of at least 4 members (excludes halogenated alkanes) is 16. The zero-order valence-electron chi connectivity index (χ0n) is 37.7. The molecule has 0 radical (unpaired) electrons. The molecule has 7 N–H and O–H groups in total. The van der Waals surface area contributed by atoms with E-state index in [9.17, 15) is 44.0 Å². The number of rotatable bonds is 38. The van der Waals surface area contributed by atoms with Gasteiger partial charge < -0.3 is 44.6 Å². The molecule has 1 aliphatic carbocycles. The van der Waals surface area contributed by atoms with Crippen LogP contribution >= 0.6 is 15.6 Å². The molecule has 0 heterocycles. The maximum atomic E-state index is 13.0. The first-order valence-electron chi connectivity index (χ1n) is 23.2. The Kier molecular flexibility index (Phi) is 33.8. The van der Waals surface area contributed by atoms with Crippen molar-refractivity contribution in [1.82, 2.24) is 0 Å². The summed E-state index contributed by atoms with van der Waals surface area (Å²) < 4.78 is 49.3. The highest BCUT2D eigenvalue weighted by Gasteiger charge is 2.54. The van der Waals surface area contributed by atoms with E-state index >= 15 is 0 Å². The van der Waals surface area contributed by atoms with Gasteiger partial charge in [0.25, 0.3) is 0 Å². The minimum atomic E-state index is -5.37. The second-order valence-corrected chi connectivity index (χ2v) is 18.7. The number of hydrogen-bond donors (Lipinski definition) is 7. The lowest BCUT2D eigenvalue weighted by Gasteiger charge is -2.43. The summed E-state index contributed by atoms with van der Waals surface area (Å²) in [4.78, 5) is 54.2. The highest BCUT2D eigenvalue weighted by molar-refractivity contribution is 7.47. The van der Waals surface area contributed by atoms with E-state index in [-0.39, 0.29) is 12.8 Å². The molecule has 0 bridgehead atoms. The van der Waals surface area contributed by atoms with Gasteiger partial charge in [0.05, 0.1) is 6.61 Å². The van der Waals surface area contributed by atoms with Crippen molar-refractivity contribution < 1.29 is 76.9 Å². The van der Waals surface area contributed by atoms with Gasteiger partial charge >= 0.3 is 27.6 Å². The van der Waals surface area contributed by atoms with Crippen LogP contribution in [0.25, 0.3) is 0 Å². The van der Waals surface area contributed by atoms with E-state index < -0.39 is 83.5 Å². The monoisotopic (exact) mass is 938 g/mol. The predicted molar refractivity (Wildman–Crippen MR) is 241 cm³/mol. The van der Waals surface area contributed by atoms with Crippen LogP contribution < -0.4 is 0 Å². The third-order valence-corrected chi connectivity index (χ3v) is 11.9. The molecular formula is C45H80O16P2. The number of esters is 2. The van der Waals surface area contributed by atoms with E-state index in [4.69, 9.17) is 28.3 Å². The molecule has 8 atom stereocenters. The van der Waals surface area contributed by atoms with Crippen molar-refractivity contribution in [2.24, 2.45) is 0 Å². The Labute approximate surface area is 376 Å². The first-order chi connectivity index (χ1) is 30.1. The van der Waals surface area contributed by atoms with Crippen LogP contribution in [0.1, 0.15) is 168 Å². The highest BCUT2D eigenvalue weighted by atomic mass is 31.2. The Morgan fingerprint density at radius 2 is 0.937 bits per heavy atom. The van der Waals surface area contributed by atoms with Crippen molar-refractivity contribution in [3.8, 4) is 0 Å². The molecule has 0 aliphatic heterocycles. The molecule has 0 amide bonds. The molecule has 63 heavy (non-hydrogen) atoms. The van der Waals surface area contributed by atoms with Gasteiger partial charge in [0, 0.05) is 12.8 Å². The van der Waals surface area contributed by atoms with Gasteiger partial charge in [-0.1, -0.05) is 152 Å². The molecule has 5 unspecified atom stereocenters. The largest absolute Gasteiger partial charge is 0.472 e. The van der Waals surface area contributed by atoms with Crippen LogP contribution in [0.5, 0.6) is 0 Å². The number of aliphatic hydroxyl groups is 4. The topological polar surface area (TPSA) is 256 Å². The summed E-state index contributed by atoms with van der Waals surface area (Å²) in [6, 6.07) is 0. The second-order valence-electron chi connectivity index (χ2n) is 16.1. The van der Waals surface area contributed by atoms with E-state index in [1.165, 1.54) is 70.6 Å². The number of ether oxygens (including phenoxy) is 2. The SMILES string of the molecule is CCCCCC=CCC=CCC=CCC=CCCCC(=O)O[C@H](COC(=O)CCCCCCCCCCCCCCC)COP(=O)(O)O[C@H]1C(O)C(O)C(O)[C@@H](OP(=O)(O)O)C1O. The summed E-state index contributed by atoms with van der Waals surface area (Å²) in [6.45, 7) is 3.03. The average molecular weight is 939 g/mol. The Morgan fingerprint density at radius 3 is 1.44 bits per heavy atom. The summed E-state index contributed by atoms with van der Waals surface area (Å²) >= 11 is 0. The molecule has 0 saturated heterocycles. The fourth-order valence-corrected chi connectivity index (χ4v) is 8.32. The fourth-order valence-electron chi connectivity index (χ4n) is 6.78. The predicted octanol–water partition coefficient (Wildman–Crippen LogP) is 8.51. The van der Waals surface area contributed by atoms with Crippen LogP contribution in [0.3, 0.4) is 0 Å². The van der Waals surface area contributed by atoms with Crippen LogP contribution in [0.4, 0.5) is 0 Å². The van der Waals surface area contributed by atoms with E-state index in [0.29, 0.717) is 19.3 Å². The van der Waals surface area contributed by atoms with Crippen LogP contribution in [0.2, 0.25) is 0 Å². The molecule has 16 nitrogen and oxygen atoms in total. The van der Waals surface area contributed by atoms with Crippen LogP contribution in [0.15, 0.2) is 48.6 Å². The third kappa shape index (κ3) is 30.7. The van der Waals surface area contributed by atoms with Crippen molar-refractivity contribution in [2.45, 2.75) is 211 Å². The molecule has 0 spiro atoms. The minimum Gasteiger partial charge on any atom is -0.462 e. The third-order valence-electron chi connectivity index (χ3n) is 10.4. The van der Waals surface area contributed by atoms with Gasteiger partial charge in [0.2, 0.25) is 0 Å². The van der Waals surface area contributed by atoms with E-state index in [2.05, 4.69) is 54.8 Å². The molecule has 0 aromatic rings. The number of carbonyl (C=O) groups is 2. The summed E-state index contributed by atoms with van der Waals surface area (Å²) in [5, 5.41) is 41.2. The molecule has 0 aromatic carbocycles. The lowest BCUT2D eigenvalue weighted by atomic mass is 9.85. The smallest absolute Gasteiger partial charge is 0.462 e. The lowest BCUT2D eigenvalue weighted by molar-refractivity contribution is -0.216. The Morgan fingerprint density at radius 1 is 0.508 bits per heavy atom. The van der Waals surface area contributed by atoms with Gasteiger partial charge in [-0.25, -0.2) is 9.13 Å². The van der Waals surface area contributed by atoms with E-state index in [1.807, 2.05) is 12.2 Å². The summed E-state index contributed by atoms with van der Waals surface area (Å²) in [7, 11) is -10.7. The number of aliphatic hydroxyl groups excluding tert-OH is 4. The number of carbonyl (C=O) groups excluding carboxylic acids is 2. The molecule has 0 aromatic heterocycles. The van der Waals surface area contributed by atoms with E-state index in [1.54, 1.807) is 0 Å². The van der Waals surface area contributed by atoms with Gasteiger partial charge in [-0.3, -0.25) is 23.2 Å². The Balaban J connectivity index is 2.65. The lowest BCUT2D eigenvalue weighted by Crippen LogP contribution is -2.64. The number of phosphoric ester groups is 2. The van der Waals surface area contributed by atoms with Gasteiger partial charge in [0.1, 0.15) is 43.2 Å². The van der Waals surface area contributed by atoms with Crippen LogP contribution in [-0.4, -0.2) is 103 Å². The summed E-state index contributed by atoms with van der Waals surface area (Å²) in [5.41, 5.74) is 0. The standard InChI is InChI=1S/C45H80O16P2/c1-3-5-7-9-11-13-15-17-18-19-20-22-24-26-28-30-32-34-39(47)59-37(35-57-38(46)33-31-29-27-25-23-21-16-14-12-10-8-6-4-2)36-58-63(55,56)61-45-42(50)40(48)41(49)44(43(45)51)60-62(52,53)54/h11,13,17-18,20,22,26,28,37,40-45,48-51H,3-10,12,14-16,19,21,23-25,27,29-36H2,1-2H3,(H,55,56)(H2,52,53,54)/t37-,40?,41?,42?,43?,44-,45+/m1/s1. The summed E-state index contributed by atoms with van der Waals surface area (Å²) in [5.74, 6) is -1.27. The summed E-state index contributed by atoms with van der Waals surface area (Å²) in [6.07, 6.45) is 25.1. The van der Waals surface area contributed by atoms with Gasteiger partial charge in [-0.15, -0.1) is 0 Å². The van der Waals surface area contributed by atoms with Crippen molar-refractivity contribution >= 4 is 27.6 Å². The average Bonchev–Trinajstić information content (AvgIpc) is 3.23. The number of phosphoric acid groups is 2. The molecule has 1 aliphatic rings. The molecule has 1 fully saturated rings. The van der Waals surface area contributed by atoms with Crippen molar-refractivity contribution in [3.05, 3.63) is 48.6 Å². The Bertz CT molecular complexity index is 1420. The van der Waals surface area contributed by atoms with Gasteiger partial charge in [-0.05, 0) is 51.4 Å². The maximum absolute atomic E-state index is 13.0. The maximum Gasteiger partial charge on any atom is 0.472 e. The van der Waals surface area contributed by atoms with Crippen LogP contribution in [-0.2, 0) is 41.8 Å². The van der Waals surface area contributed by atoms with Crippen LogP contribution in [0, 0.1) is 0 Å². The van der Waals surface area contributed by atoms with Crippen molar-refractivity contribution in [1.29, 1.82) is 0 Å². The molecular weight excluding hydrogens is 858 g/mol. The number of allylic oxidation sites excluding steroid dienone is 8. The first-order valence-corrected chi connectivity index (χ1v) is 26.2. The zero-order valence-corrected chi connectivity index (χ0v) is 39.5. The Hall–Kier alpha value is -2.04. The van der Waals surface area contributed by atoms with Crippen molar-refractivity contribution in [2.75, 3.05) is 13.2 Å². The highest BCUT2D eigenvalue weighted by Crippen LogP contribution is 2.49. The quantitative estimate of drug-likeness (QED) is 0.0132. The van der Waals surface area contributed by atoms with Gasteiger partial charge in [-0.2, -0.15) is 0 Å². The van der Waals surface area contributed by atoms with E-state index in [0.717, 1.165) is 51.4 Å². The first kappa shape index (κ1) is 59.0. The minimum absolute atomic E-state index is 0.0314. The second kappa shape index (κ2) is 36.1. The molecule has 366 valence electrons. The molecule has 18 heteroatoms. The molecule has 1 rings (SSSR count). The normalized spacial score (nSPS) is 22.4. The van der Waals surface area contributed by atoms with Gasteiger partial charge in [0.15, 0.2) is 6.10 Å². The molecule has 1 saturated carbocycles.